The Hall–Kier alpha value is -1.50. The summed E-state index contributed by atoms with van der Waals surface area (Å²) in [4.78, 5) is 14.1. The van der Waals surface area contributed by atoms with E-state index in [1.807, 2.05) is 5.32 Å². The second-order valence-electron chi connectivity index (χ2n) is 3.52. The number of aryl methyl sites for hydroxylation is 1. The van der Waals surface area contributed by atoms with Crippen molar-refractivity contribution in [3.63, 3.8) is 0 Å². The van der Waals surface area contributed by atoms with E-state index < -0.39 is 29.0 Å². The first kappa shape index (κ1) is 13.6. The quantitative estimate of drug-likeness (QED) is 0.761. The van der Waals surface area contributed by atoms with Crippen molar-refractivity contribution in [2.75, 3.05) is 7.05 Å². The van der Waals surface area contributed by atoms with Crippen LogP contribution in [0.15, 0.2) is 11.0 Å². The minimum Gasteiger partial charge on any atom is -0.503 e. The molecule has 1 unspecified atom stereocenters. The van der Waals surface area contributed by atoms with E-state index in [4.69, 9.17) is 0 Å². The highest BCUT2D eigenvalue weighted by molar-refractivity contribution is 5.32. The summed E-state index contributed by atoms with van der Waals surface area (Å²) in [6.07, 6.45) is -3.28. The number of aromatic nitrogens is 1. The predicted octanol–water partition coefficient (Wildman–Crippen LogP) is 1.47. The number of H-pyrrole nitrogens is 1. The molecule has 1 aromatic rings. The number of pyridine rings is 1. The maximum absolute atomic E-state index is 12.6. The van der Waals surface area contributed by atoms with Gasteiger partial charge in [-0.2, -0.15) is 13.2 Å². The van der Waals surface area contributed by atoms with Gasteiger partial charge in [-0.25, -0.2) is 0 Å². The molecule has 1 rings (SSSR count). The summed E-state index contributed by atoms with van der Waals surface area (Å²) < 4.78 is 37.8. The Morgan fingerprint density at radius 3 is 2.53 bits per heavy atom. The van der Waals surface area contributed by atoms with E-state index in [0.717, 1.165) is 13.2 Å². The van der Waals surface area contributed by atoms with E-state index in [2.05, 4.69) is 4.98 Å². The van der Waals surface area contributed by atoms with Crippen LogP contribution < -0.4 is 10.7 Å². The molecule has 0 bridgehead atoms. The van der Waals surface area contributed by atoms with Gasteiger partial charge in [0.1, 0.15) is 6.04 Å². The lowest BCUT2D eigenvalue weighted by Gasteiger charge is -2.19. The van der Waals surface area contributed by atoms with Crippen molar-refractivity contribution < 1.29 is 18.3 Å². The van der Waals surface area contributed by atoms with Gasteiger partial charge in [0.25, 0.3) is 0 Å². The largest absolute Gasteiger partial charge is 0.503 e. The molecule has 0 fully saturated rings. The van der Waals surface area contributed by atoms with E-state index in [1.54, 1.807) is 6.92 Å². The first-order chi connectivity index (χ1) is 7.82. The average molecular weight is 250 g/mol. The highest BCUT2D eigenvalue weighted by Crippen LogP contribution is 2.31. The maximum atomic E-state index is 12.6. The predicted molar refractivity (Wildman–Crippen MR) is 56.0 cm³/mol. The van der Waals surface area contributed by atoms with Crippen LogP contribution in [0.2, 0.25) is 0 Å². The van der Waals surface area contributed by atoms with Gasteiger partial charge in [-0.15, -0.1) is 0 Å². The van der Waals surface area contributed by atoms with Gasteiger partial charge in [-0.05, 0) is 13.5 Å². The Kier molecular flexibility index (Phi) is 3.82. The molecular weight excluding hydrogens is 237 g/mol. The summed E-state index contributed by atoms with van der Waals surface area (Å²) in [5.74, 6) is -0.658. The lowest BCUT2D eigenvalue weighted by Crippen LogP contribution is -2.35. The number of nitrogens with one attached hydrogen (secondary N) is 2. The number of alkyl halides is 3. The smallest absolute Gasteiger partial charge is 0.408 e. The number of halogens is 3. The van der Waals surface area contributed by atoms with Crippen LogP contribution in [0.3, 0.4) is 0 Å². The zero-order chi connectivity index (χ0) is 13.2. The Labute approximate surface area is 95.5 Å². The normalized spacial score (nSPS) is 13.7. The van der Waals surface area contributed by atoms with Crippen molar-refractivity contribution in [2.45, 2.75) is 25.6 Å². The second kappa shape index (κ2) is 4.79. The van der Waals surface area contributed by atoms with Crippen molar-refractivity contribution in [2.24, 2.45) is 0 Å². The second-order valence-corrected chi connectivity index (χ2v) is 3.52. The van der Waals surface area contributed by atoms with E-state index in [0.29, 0.717) is 6.42 Å². The summed E-state index contributed by atoms with van der Waals surface area (Å²) in [5, 5.41) is 11.5. The van der Waals surface area contributed by atoms with Crippen LogP contribution >= 0.6 is 0 Å². The molecule has 1 aromatic heterocycles. The molecule has 7 heteroatoms. The minimum absolute atomic E-state index is 0.218. The van der Waals surface area contributed by atoms with Crippen molar-refractivity contribution >= 4 is 0 Å². The number of hydrogen-bond acceptors (Lipinski definition) is 3. The van der Waals surface area contributed by atoms with Crippen LogP contribution in [0.1, 0.15) is 24.2 Å². The topological polar surface area (TPSA) is 65.1 Å². The van der Waals surface area contributed by atoms with Crippen molar-refractivity contribution in [3.05, 3.63) is 27.7 Å². The third-order valence-corrected chi connectivity index (χ3v) is 2.45. The van der Waals surface area contributed by atoms with Crippen molar-refractivity contribution in [1.29, 1.82) is 0 Å². The Bertz CT molecular complexity index is 454. The van der Waals surface area contributed by atoms with Crippen LogP contribution in [0, 0.1) is 0 Å². The van der Waals surface area contributed by atoms with E-state index in [1.165, 1.54) is 0 Å². The van der Waals surface area contributed by atoms with Crippen LogP contribution in [0.25, 0.3) is 0 Å². The minimum atomic E-state index is -4.60. The molecule has 1 heterocycles. The SMILES string of the molecule is CCc1[nH]cc(C(NC)C(F)(F)F)c(=O)c1O. The molecule has 4 nitrogen and oxygen atoms in total. The van der Waals surface area contributed by atoms with Gasteiger partial charge in [0.15, 0.2) is 5.75 Å². The Morgan fingerprint density at radius 1 is 1.53 bits per heavy atom. The number of aromatic hydroxyl groups is 1. The highest BCUT2D eigenvalue weighted by Gasteiger charge is 2.41. The molecule has 0 aromatic carbocycles. The number of hydrogen-bond donors (Lipinski definition) is 3. The Balaban J connectivity index is 3.33. The van der Waals surface area contributed by atoms with Gasteiger partial charge >= 0.3 is 6.18 Å². The summed E-state index contributed by atoms with van der Waals surface area (Å²) in [6.45, 7) is 1.67. The first-order valence-electron chi connectivity index (χ1n) is 5.00. The van der Waals surface area contributed by atoms with Crippen LogP contribution in [0.4, 0.5) is 13.2 Å². The third kappa shape index (κ3) is 2.60. The van der Waals surface area contributed by atoms with Crippen molar-refractivity contribution in [1.82, 2.24) is 10.3 Å². The lowest BCUT2D eigenvalue weighted by atomic mass is 10.1. The number of rotatable bonds is 3. The summed E-state index contributed by atoms with van der Waals surface area (Å²) in [7, 11) is 1.10. The molecule has 96 valence electrons. The lowest BCUT2D eigenvalue weighted by molar-refractivity contribution is -0.156. The molecule has 17 heavy (non-hydrogen) atoms. The zero-order valence-corrected chi connectivity index (χ0v) is 9.35. The molecule has 1 atom stereocenters. The van der Waals surface area contributed by atoms with Crippen LogP contribution in [0.5, 0.6) is 5.75 Å². The Morgan fingerprint density at radius 2 is 2.12 bits per heavy atom. The van der Waals surface area contributed by atoms with Crippen LogP contribution in [-0.2, 0) is 6.42 Å². The number of aromatic amines is 1. The molecule has 0 aliphatic rings. The molecule has 0 aliphatic carbocycles. The van der Waals surface area contributed by atoms with Crippen molar-refractivity contribution in [3.8, 4) is 5.75 Å². The monoisotopic (exact) mass is 250 g/mol. The molecule has 0 spiro atoms. The van der Waals surface area contributed by atoms with Gasteiger partial charge < -0.3 is 15.4 Å². The third-order valence-electron chi connectivity index (χ3n) is 2.45. The standard InChI is InChI=1S/C10H13F3N2O2/c1-3-6-8(17)7(16)5(4-15-6)9(14-2)10(11,12)13/h4,9,14,17H,3H2,1-2H3,(H,15,16). The summed E-state index contributed by atoms with van der Waals surface area (Å²) in [6, 6.07) is -2.09. The molecule has 3 N–H and O–H groups in total. The van der Waals surface area contributed by atoms with Crippen LogP contribution in [-0.4, -0.2) is 23.3 Å². The highest BCUT2D eigenvalue weighted by atomic mass is 19.4. The summed E-state index contributed by atoms with van der Waals surface area (Å²) >= 11 is 0. The molecule has 0 saturated heterocycles. The molecule has 0 aliphatic heterocycles. The van der Waals surface area contributed by atoms with E-state index in [-0.39, 0.29) is 5.69 Å². The first-order valence-corrected chi connectivity index (χ1v) is 5.00. The van der Waals surface area contributed by atoms with Gasteiger partial charge in [-0.3, -0.25) is 4.79 Å². The molecule has 0 saturated carbocycles. The fourth-order valence-corrected chi connectivity index (χ4v) is 1.55. The van der Waals surface area contributed by atoms with Gasteiger partial charge in [0.2, 0.25) is 5.43 Å². The fraction of sp³-hybridized carbons (Fsp3) is 0.500. The van der Waals surface area contributed by atoms with E-state index >= 15 is 0 Å². The van der Waals surface area contributed by atoms with Gasteiger partial charge in [0, 0.05) is 11.8 Å². The summed E-state index contributed by atoms with van der Waals surface area (Å²) in [5.41, 5.74) is -1.33. The van der Waals surface area contributed by atoms with Gasteiger partial charge in [-0.1, -0.05) is 6.92 Å². The molecular formula is C10H13F3N2O2. The molecule has 0 amide bonds. The van der Waals surface area contributed by atoms with E-state index in [9.17, 15) is 23.1 Å². The fourth-order valence-electron chi connectivity index (χ4n) is 1.55. The maximum Gasteiger partial charge on any atom is 0.408 e. The zero-order valence-electron chi connectivity index (χ0n) is 9.35. The average Bonchev–Trinajstić information content (AvgIpc) is 2.23. The van der Waals surface area contributed by atoms with Gasteiger partial charge in [0.05, 0.1) is 5.69 Å². The molecule has 0 radical (unpaired) electrons.